The monoisotopic (exact) mass is 534 g/mol. The fourth-order valence-electron chi connectivity index (χ4n) is 4.76. The normalized spacial score (nSPS) is 17.2. The van der Waals surface area contributed by atoms with Crippen molar-refractivity contribution >= 4 is 28.6 Å². The molecule has 2 aromatic carbocycles. The predicted molar refractivity (Wildman–Crippen MR) is 139 cm³/mol. The Bertz CT molecular complexity index is 1540. The standard InChI is InChI=1S/C29H24F2N2O4S/c30-22-10-17-3-4-19(33-24(17)12-23(22)31)15-36-20-5-6-25-21(11-20)28(27-18(14-37-25)2-1-9-32-27)38-16-29(7-8-29)13-26(34)35/h1-6,9-12,28H,7-8,13-16H2,(H,34,35). The highest BCUT2D eigenvalue weighted by Gasteiger charge is 2.45. The highest BCUT2D eigenvalue weighted by Crippen LogP contribution is 2.55. The molecule has 4 aromatic rings. The first kappa shape index (κ1) is 24.6. The molecular weight excluding hydrogens is 510 g/mol. The van der Waals surface area contributed by atoms with E-state index < -0.39 is 17.6 Å². The largest absolute Gasteiger partial charge is 0.488 e. The molecule has 6 rings (SSSR count). The number of aliphatic carboxylic acids is 1. The van der Waals surface area contributed by atoms with Crippen LogP contribution in [0.2, 0.25) is 0 Å². The summed E-state index contributed by atoms with van der Waals surface area (Å²) in [5, 5.41) is 9.73. The molecule has 38 heavy (non-hydrogen) atoms. The van der Waals surface area contributed by atoms with Crippen molar-refractivity contribution in [2.45, 2.75) is 37.7 Å². The van der Waals surface area contributed by atoms with Crippen molar-refractivity contribution in [3.8, 4) is 11.5 Å². The van der Waals surface area contributed by atoms with E-state index in [1.54, 1.807) is 30.1 Å². The van der Waals surface area contributed by atoms with E-state index in [-0.39, 0.29) is 23.7 Å². The van der Waals surface area contributed by atoms with Crippen molar-refractivity contribution in [1.29, 1.82) is 0 Å². The maximum atomic E-state index is 13.7. The number of rotatable bonds is 8. The maximum absolute atomic E-state index is 13.7. The smallest absolute Gasteiger partial charge is 0.303 e. The number of hydrogen-bond acceptors (Lipinski definition) is 6. The lowest BCUT2D eigenvalue weighted by molar-refractivity contribution is -0.138. The SMILES string of the molecule is O=C(O)CC1(CSC2c3cc(OCc4ccc5cc(F)c(F)cc5n4)ccc3OCc3cccnc32)CC1. The van der Waals surface area contributed by atoms with E-state index in [0.717, 1.165) is 47.5 Å². The van der Waals surface area contributed by atoms with Gasteiger partial charge in [-0.25, -0.2) is 13.8 Å². The number of fused-ring (bicyclic) bond motifs is 3. The Labute approximate surface area is 222 Å². The van der Waals surface area contributed by atoms with Gasteiger partial charge in [-0.2, -0.15) is 0 Å². The summed E-state index contributed by atoms with van der Waals surface area (Å²) in [6.45, 7) is 0.537. The summed E-state index contributed by atoms with van der Waals surface area (Å²) in [6.07, 6.45) is 3.76. The quantitative estimate of drug-likeness (QED) is 0.278. The van der Waals surface area contributed by atoms with E-state index in [2.05, 4.69) is 9.97 Å². The molecule has 0 bridgehead atoms. The molecule has 0 radical (unpaired) electrons. The van der Waals surface area contributed by atoms with Gasteiger partial charge in [-0.05, 0) is 54.7 Å². The third-order valence-corrected chi connectivity index (χ3v) is 8.63. The number of thioether (sulfide) groups is 1. The van der Waals surface area contributed by atoms with Crippen molar-refractivity contribution in [3.63, 3.8) is 0 Å². The van der Waals surface area contributed by atoms with Crippen LogP contribution >= 0.6 is 11.8 Å². The van der Waals surface area contributed by atoms with Gasteiger partial charge in [0.25, 0.3) is 0 Å². The van der Waals surface area contributed by atoms with Crippen LogP contribution in [0, 0.1) is 17.0 Å². The number of ether oxygens (including phenoxy) is 2. The summed E-state index contributed by atoms with van der Waals surface area (Å²) >= 11 is 1.69. The third-order valence-electron chi connectivity index (χ3n) is 7.04. The van der Waals surface area contributed by atoms with E-state index in [1.807, 2.05) is 30.3 Å². The van der Waals surface area contributed by atoms with Crippen LogP contribution in [0.4, 0.5) is 8.78 Å². The minimum Gasteiger partial charge on any atom is -0.488 e. The minimum atomic E-state index is -0.942. The van der Waals surface area contributed by atoms with Crippen LogP contribution in [0.25, 0.3) is 10.9 Å². The van der Waals surface area contributed by atoms with E-state index in [9.17, 15) is 18.7 Å². The van der Waals surface area contributed by atoms with Crippen LogP contribution in [0.1, 0.15) is 47.0 Å². The molecule has 194 valence electrons. The van der Waals surface area contributed by atoms with E-state index in [4.69, 9.17) is 9.47 Å². The van der Waals surface area contributed by atoms with Crippen molar-refractivity contribution in [2.75, 3.05) is 5.75 Å². The van der Waals surface area contributed by atoms with Gasteiger partial charge in [0.15, 0.2) is 11.6 Å². The lowest BCUT2D eigenvalue weighted by Crippen LogP contribution is -2.13. The van der Waals surface area contributed by atoms with Gasteiger partial charge in [0, 0.05) is 34.5 Å². The zero-order chi connectivity index (χ0) is 26.3. The molecule has 9 heteroatoms. The number of benzene rings is 2. The maximum Gasteiger partial charge on any atom is 0.303 e. The summed E-state index contributed by atoms with van der Waals surface area (Å²) in [7, 11) is 0. The number of aromatic nitrogens is 2. The van der Waals surface area contributed by atoms with Gasteiger partial charge < -0.3 is 14.6 Å². The third kappa shape index (κ3) is 5.03. The Morgan fingerprint density at radius 1 is 1.13 bits per heavy atom. The van der Waals surface area contributed by atoms with Crippen LogP contribution < -0.4 is 9.47 Å². The predicted octanol–water partition coefficient (Wildman–Crippen LogP) is 6.46. The molecule has 1 aliphatic heterocycles. The van der Waals surface area contributed by atoms with Gasteiger partial charge in [-0.15, -0.1) is 11.8 Å². The van der Waals surface area contributed by atoms with Crippen molar-refractivity contribution in [2.24, 2.45) is 5.41 Å². The van der Waals surface area contributed by atoms with Gasteiger partial charge >= 0.3 is 5.97 Å². The Morgan fingerprint density at radius 3 is 2.79 bits per heavy atom. The Kier molecular flexibility index (Phi) is 6.39. The highest BCUT2D eigenvalue weighted by atomic mass is 32.2. The fourth-order valence-corrected chi connectivity index (χ4v) is 6.41. The second-order valence-corrected chi connectivity index (χ2v) is 10.9. The first-order valence-corrected chi connectivity index (χ1v) is 13.4. The molecule has 1 unspecified atom stereocenters. The molecule has 2 aromatic heterocycles. The lowest BCUT2D eigenvalue weighted by atomic mass is 10.0. The average Bonchev–Trinajstić information content (AvgIpc) is 3.68. The first-order valence-electron chi connectivity index (χ1n) is 12.3. The van der Waals surface area contributed by atoms with Gasteiger partial charge in [0.05, 0.1) is 28.6 Å². The summed E-state index contributed by atoms with van der Waals surface area (Å²) in [5.74, 6) is -0.564. The molecule has 0 amide bonds. The van der Waals surface area contributed by atoms with Crippen LogP contribution in [0.15, 0.2) is 60.8 Å². The molecule has 0 spiro atoms. The molecule has 1 N–H and O–H groups in total. The molecule has 0 saturated heterocycles. The van der Waals surface area contributed by atoms with Crippen LogP contribution in [-0.2, 0) is 18.0 Å². The molecule has 1 fully saturated rings. The molecule has 1 aliphatic carbocycles. The minimum absolute atomic E-state index is 0.142. The number of hydrogen-bond donors (Lipinski definition) is 1. The fraction of sp³-hybridized carbons (Fsp3) is 0.276. The lowest BCUT2D eigenvalue weighted by Gasteiger charge is -2.21. The van der Waals surface area contributed by atoms with Gasteiger partial charge in [0.2, 0.25) is 0 Å². The average molecular weight is 535 g/mol. The summed E-state index contributed by atoms with van der Waals surface area (Å²) in [5.41, 5.74) is 3.59. The molecular formula is C29H24F2N2O4S. The van der Waals surface area contributed by atoms with Crippen molar-refractivity contribution in [1.82, 2.24) is 9.97 Å². The highest BCUT2D eigenvalue weighted by molar-refractivity contribution is 7.99. The van der Waals surface area contributed by atoms with E-state index in [1.165, 1.54) is 0 Å². The number of nitrogens with zero attached hydrogens (tertiary/aromatic N) is 2. The molecule has 6 nitrogen and oxygen atoms in total. The van der Waals surface area contributed by atoms with E-state index in [0.29, 0.717) is 34.7 Å². The number of carboxylic acid groups (broad SMARTS) is 1. The Balaban J connectivity index is 1.26. The van der Waals surface area contributed by atoms with Crippen molar-refractivity contribution < 1.29 is 28.2 Å². The molecule has 3 heterocycles. The molecule has 1 atom stereocenters. The van der Waals surface area contributed by atoms with Gasteiger partial charge in [0.1, 0.15) is 24.7 Å². The molecule has 2 aliphatic rings. The van der Waals surface area contributed by atoms with Crippen LogP contribution in [0.3, 0.4) is 0 Å². The second-order valence-electron chi connectivity index (χ2n) is 9.85. The van der Waals surface area contributed by atoms with Crippen molar-refractivity contribution in [3.05, 3.63) is 94.9 Å². The number of carboxylic acids is 1. The first-order chi connectivity index (χ1) is 18.4. The number of halogens is 2. The Morgan fingerprint density at radius 2 is 1.97 bits per heavy atom. The number of pyridine rings is 2. The Hall–Kier alpha value is -3.72. The van der Waals surface area contributed by atoms with Gasteiger partial charge in [-0.1, -0.05) is 12.1 Å². The van der Waals surface area contributed by atoms with Crippen LogP contribution in [0.5, 0.6) is 11.5 Å². The topological polar surface area (TPSA) is 81.5 Å². The summed E-state index contributed by atoms with van der Waals surface area (Å²) in [4.78, 5) is 20.5. The zero-order valence-corrected chi connectivity index (χ0v) is 21.1. The van der Waals surface area contributed by atoms with Gasteiger partial charge in [-0.3, -0.25) is 9.78 Å². The zero-order valence-electron chi connectivity index (χ0n) is 20.3. The number of carbonyl (C=O) groups is 1. The summed E-state index contributed by atoms with van der Waals surface area (Å²) in [6, 6.07) is 15.1. The molecule has 1 saturated carbocycles. The summed E-state index contributed by atoms with van der Waals surface area (Å²) < 4.78 is 39.4. The second kappa shape index (κ2) is 9.87. The van der Waals surface area contributed by atoms with Crippen LogP contribution in [-0.4, -0.2) is 26.8 Å². The van der Waals surface area contributed by atoms with E-state index >= 15 is 0 Å².